The Hall–Kier alpha value is -1.25. The van der Waals surface area contributed by atoms with E-state index < -0.39 is 18.9 Å². The molecule has 0 spiro atoms. The van der Waals surface area contributed by atoms with Crippen molar-refractivity contribution in [3.63, 3.8) is 0 Å². The van der Waals surface area contributed by atoms with E-state index in [1.165, 1.54) is 4.90 Å². The van der Waals surface area contributed by atoms with E-state index in [-0.39, 0.29) is 63.3 Å². The standard InChI is InChI=1S/C15H19F4N3O.2ClH/c16-14(17)15(18,19)10-21-5-7-22(8-6-21)13(23)9-11-1-3-12(20)4-2-11;;/h1-4,14H,5-10,20H2;2*1H. The summed E-state index contributed by atoms with van der Waals surface area (Å²) in [5, 5.41) is 0. The van der Waals surface area contributed by atoms with E-state index >= 15 is 0 Å². The van der Waals surface area contributed by atoms with Crippen LogP contribution >= 0.6 is 24.8 Å². The first-order chi connectivity index (χ1) is 10.8. The highest BCUT2D eigenvalue weighted by Gasteiger charge is 2.42. The van der Waals surface area contributed by atoms with Gasteiger partial charge in [0.05, 0.1) is 13.0 Å². The van der Waals surface area contributed by atoms with Crippen LogP contribution in [0.3, 0.4) is 0 Å². The topological polar surface area (TPSA) is 49.6 Å². The van der Waals surface area contributed by atoms with Gasteiger partial charge in [0, 0.05) is 31.9 Å². The second-order valence-corrected chi connectivity index (χ2v) is 5.64. The number of nitrogens with two attached hydrogens (primary N) is 1. The molecule has 4 nitrogen and oxygen atoms in total. The number of carbonyl (C=O) groups is 1. The molecule has 10 heteroatoms. The number of carbonyl (C=O) groups excluding carboxylic acids is 1. The Bertz CT molecular complexity index is 538. The van der Waals surface area contributed by atoms with Gasteiger partial charge in [0.15, 0.2) is 0 Å². The Morgan fingerprint density at radius 1 is 1.08 bits per heavy atom. The normalized spacial score (nSPS) is 15.5. The summed E-state index contributed by atoms with van der Waals surface area (Å²) in [5.74, 6) is -4.13. The van der Waals surface area contributed by atoms with E-state index in [9.17, 15) is 22.4 Å². The molecule has 2 rings (SSSR count). The van der Waals surface area contributed by atoms with Crippen LogP contribution in [0.2, 0.25) is 0 Å². The maximum Gasteiger partial charge on any atom is 0.319 e. The molecular weight excluding hydrogens is 385 g/mol. The number of halogens is 6. The van der Waals surface area contributed by atoms with Gasteiger partial charge in [-0.15, -0.1) is 24.8 Å². The van der Waals surface area contributed by atoms with Gasteiger partial charge in [0.1, 0.15) is 0 Å². The number of rotatable bonds is 5. The van der Waals surface area contributed by atoms with Crippen molar-refractivity contribution in [1.29, 1.82) is 0 Å². The maximum absolute atomic E-state index is 13.0. The van der Waals surface area contributed by atoms with Crippen molar-refractivity contribution in [1.82, 2.24) is 9.80 Å². The van der Waals surface area contributed by atoms with Gasteiger partial charge in [-0.25, -0.2) is 8.78 Å². The fraction of sp³-hybridized carbons (Fsp3) is 0.533. The van der Waals surface area contributed by atoms with Crippen molar-refractivity contribution in [2.24, 2.45) is 0 Å². The zero-order chi connectivity index (χ0) is 17.0. The lowest BCUT2D eigenvalue weighted by Crippen LogP contribution is -2.53. The summed E-state index contributed by atoms with van der Waals surface area (Å²) in [6, 6.07) is 6.92. The number of nitrogen functional groups attached to an aromatic ring is 1. The molecule has 0 unspecified atom stereocenters. The number of alkyl halides is 4. The number of benzene rings is 1. The Balaban J connectivity index is 0.00000288. The monoisotopic (exact) mass is 405 g/mol. The molecule has 0 aromatic heterocycles. The third-order valence-corrected chi connectivity index (χ3v) is 3.81. The van der Waals surface area contributed by atoms with Crippen LogP contribution in [-0.4, -0.2) is 60.8 Å². The lowest BCUT2D eigenvalue weighted by Gasteiger charge is -2.36. The number of anilines is 1. The van der Waals surface area contributed by atoms with Crippen molar-refractivity contribution in [2.75, 3.05) is 38.5 Å². The lowest BCUT2D eigenvalue weighted by molar-refractivity contribution is -0.148. The highest BCUT2D eigenvalue weighted by Crippen LogP contribution is 2.24. The molecule has 1 aliphatic rings. The van der Waals surface area contributed by atoms with E-state index in [1.54, 1.807) is 29.2 Å². The number of piperazine rings is 1. The summed E-state index contributed by atoms with van der Waals surface area (Å²) in [6.45, 7) is -0.142. The molecule has 0 saturated carbocycles. The first-order valence-corrected chi connectivity index (χ1v) is 7.28. The Kier molecular flexibility index (Phi) is 9.53. The SMILES string of the molecule is Cl.Cl.Nc1ccc(CC(=O)N2CCN(CC(F)(F)C(F)F)CC2)cc1. The fourth-order valence-corrected chi connectivity index (χ4v) is 2.44. The third-order valence-electron chi connectivity index (χ3n) is 3.81. The average Bonchev–Trinajstić information content (AvgIpc) is 2.49. The zero-order valence-electron chi connectivity index (χ0n) is 13.3. The van der Waals surface area contributed by atoms with Gasteiger partial charge >= 0.3 is 12.3 Å². The summed E-state index contributed by atoms with van der Waals surface area (Å²) in [4.78, 5) is 15.0. The molecule has 1 aliphatic heterocycles. The summed E-state index contributed by atoms with van der Waals surface area (Å²) in [5.41, 5.74) is 6.99. The van der Waals surface area contributed by atoms with Crippen molar-refractivity contribution >= 4 is 36.4 Å². The van der Waals surface area contributed by atoms with Gasteiger partial charge in [0.2, 0.25) is 5.91 Å². The van der Waals surface area contributed by atoms with Gasteiger partial charge in [-0.3, -0.25) is 9.69 Å². The first kappa shape index (κ1) is 23.8. The number of amides is 1. The summed E-state index contributed by atoms with van der Waals surface area (Å²) >= 11 is 0. The average molecular weight is 406 g/mol. The van der Waals surface area contributed by atoms with Crippen molar-refractivity contribution in [2.45, 2.75) is 18.8 Å². The van der Waals surface area contributed by atoms with Crippen LogP contribution in [0, 0.1) is 0 Å². The largest absolute Gasteiger partial charge is 0.399 e. The minimum absolute atomic E-state index is 0. The Morgan fingerprint density at radius 3 is 2.08 bits per heavy atom. The molecule has 1 heterocycles. The Morgan fingerprint density at radius 2 is 1.60 bits per heavy atom. The van der Waals surface area contributed by atoms with Crippen LogP contribution in [0.1, 0.15) is 5.56 Å². The molecular formula is C15H21Cl2F4N3O. The number of nitrogens with zero attached hydrogens (tertiary/aromatic N) is 2. The fourth-order valence-electron chi connectivity index (χ4n) is 2.44. The van der Waals surface area contributed by atoms with E-state index in [4.69, 9.17) is 5.73 Å². The number of hydrogen-bond donors (Lipinski definition) is 1. The molecule has 1 saturated heterocycles. The number of hydrogen-bond acceptors (Lipinski definition) is 3. The molecule has 1 fully saturated rings. The predicted molar refractivity (Wildman–Crippen MR) is 93.0 cm³/mol. The second kappa shape index (κ2) is 10.0. The van der Waals surface area contributed by atoms with Crippen molar-refractivity contribution < 1.29 is 22.4 Å². The smallest absolute Gasteiger partial charge is 0.319 e. The van der Waals surface area contributed by atoms with E-state index in [2.05, 4.69) is 0 Å². The molecule has 144 valence electrons. The zero-order valence-corrected chi connectivity index (χ0v) is 15.0. The summed E-state index contributed by atoms with van der Waals surface area (Å²) < 4.78 is 50.4. The minimum Gasteiger partial charge on any atom is -0.399 e. The van der Waals surface area contributed by atoms with Crippen molar-refractivity contribution in [3.05, 3.63) is 29.8 Å². The molecule has 0 aliphatic carbocycles. The molecule has 0 atom stereocenters. The van der Waals surface area contributed by atoms with E-state index in [1.807, 2.05) is 0 Å². The summed E-state index contributed by atoms with van der Waals surface area (Å²) in [6.07, 6.45) is -3.47. The highest BCUT2D eigenvalue weighted by atomic mass is 35.5. The first-order valence-electron chi connectivity index (χ1n) is 7.28. The predicted octanol–water partition coefficient (Wildman–Crippen LogP) is 2.70. The van der Waals surface area contributed by atoms with Crippen LogP contribution in [-0.2, 0) is 11.2 Å². The summed E-state index contributed by atoms with van der Waals surface area (Å²) in [7, 11) is 0. The van der Waals surface area contributed by atoms with Crippen LogP contribution < -0.4 is 5.73 Å². The highest BCUT2D eigenvalue weighted by molar-refractivity contribution is 5.85. The van der Waals surface area contributed by atoms with Gasteiger partial charge in [-0.2, -0.15) is 8.78 Å². The third kappa shape index (κ3) is 6.87. The van der Waals surface area contributed by atoms with Gasteiger partial charge in [-0.1, -0.05) is 12.1 Å². The molecule has 0 bridgehead atoms. The molecule has 25 heavy (non-hydrogen) atoms. The van der Waals surface area contributed by atoms with Gasteiger partial charge in [-0.05, 0) is 17.7 Å². The van der Waals surface area contributed by atoms with E-state index in [0.29, 0.717) is 5.69 Å². The van der Waals surface area contributed by atoms with Crippen LogP contribution in [0.25, 0.3) is 0 Å². The molecule has 2 N–H and O–H groups in total. The van der Waals surface area contributed by atoms with Gasteiger partial charge < -0.3 is 10.6 Å². The molecule has 1 aromatic carbocycles. The van der Waals surface area contributed by atoms with Crippen molar-refractivity contribution in [3.8, 4) is 0 Å². The van der Waals surface area contributed by atoms with Crippen LogP contribution in [0.15, 0.2) is 24.3 Å². The van der Waals surface area contributed by atoms with E-state index in [0.717, 1.165) is 5.56 Å². The maximum atomic E-state index is 13.0. The van der Waals surface area contributed by atoms with Crippen LogP contribution in [0.5, 0.6) is 0 Å². The Labute approximate surface area is 156 Å². The minimum atomic E-state index is -4.02. The van der Waals surface area contributed by atoms with Crippen LogP contribution in [0.4, 0.5) is 23.2 Å². The quantitative estimate of drug-likeness (QED) is 0.605. The second-order valence-electron chi connectivity index (χ2n) is 5.64. The molecule has 1 aromatic rings. The lowest BCUT2D eigenvalue weighted by atomic mass is 10.1. The van der Waals surface area contributed by atoms with Gasteiger partial charge in [0.25, 0.3) is 0 Å². The molecule has 1 amide bonds. The molecule has 0 radical (unpaired) electrons.